The molecule has 0 bridgehead atoms. The molecule has 6 rings (SSSR count). The molecule has 11 unspecified atom stereocenters. The number of benzene rings is 1. The minimum atomic E-state index is -1.39. The molecule has 232 valence electrons. The van der Waals surface area contributed by atoms with Crippen LogP contribution in [-0.2, 0) is 26.3 Å². The first-order valence-electron chi connectivity index (χ1n) is 16.2. The van der Waals surface area contributed by atoms with Crippen LogP contribution in [0, 0.1) is 50.4 Å². The molecule has 1 heterocycles. The molecular weight excluding hydrogens is 655 g/mol. The van der Waals surface area contributed by atoms with E-state index >= 15 is 0 Å². The van der Waals surface area contributed by atoms with Crippen LogP contribution in [0.3, 0.4) is 0 Å². The molecule has 0 N–H and O–H groups in total. The zero-order chi connectivity index (χ0) is 28.1. The van der Waals surface area contributed by atoms with Gasteiger partial charge in [0.25, 0.3) is 0 Å². The van der Waals surface area contributed by atoms with Gasteiger partial charge in [-0.3, -0.25) is 0 Å². The normalized spacial score (nSPS) is 39.6. The van der Waals surface area contributed by atoms with Crippen molar-refractivity contribution in [3.8, 4) is 0 Å². The van der Waals surface area contributed by atoms with Crippen molar-refractivity contribution >= 4 is 36.9 Å². The fourth-order valence-corrected chi connectivity index (χ4v) is 20.2. The van der Waals surface area contributed by atoms with Crippen molar-refractivity contribution in [2.24, 2.45) is 35.5 Å². The third-order valence-corrected chi connectivity index (χ3v) is 20.1. The van der Waals surface area contributed by atoms with Gasteiger partial charge in [0.05, 0.1) is 8.07 Å². The first-order chi connectivity index (χ1) is 18.5. The molecule has 1 aromatic rings. The SMILES string of the molecule is CC1C(C)C([Si](C)(C)C2CCC3C(c4ccc(C(C)(C)C)cc4)CCCC32)C2SC3CCCCC3C12.[CH3-].[CH3-].[Cl][Zr+2][Cl]. The second-order valence-electron chi connectivity index (χ2n) is 15.7. The Morgan fingerprint density at radius 3 is 2.02 bits per heavy atom. The molecule has 0 aromatic heterocycles. The molecule has 4 saturated carbocycles. The molecule has 0 radical (unpaired) electrons. The summed E-state index contributed by atoms with van der Waals surface area (Å²) in [6.07, 6.45) is 13.6. The second kappa shape index (κ2) is 14.8. The summed E-state index contributed by atoms with van der Waals surface area (Å²) in [6, 6.07) is 9.93. The predicted octanol–water partition coefficient (Wildman–Crippen LogP) is 12.6. The molecule has 41 heavy (non-hydrogen) atoms. The van der Waals surface area contributed by atoms with E-state index in [4.69, 9.17) is 17.0 Å². The summed E-state index contributed by atoms with van der Waals surface area (Å²) in [6.45, 7) is 18.2. The van der Waals surface area contributed by atoms with Crippen LogP contribution in [0.25, 0.3) is 0 Å². The molecule has 0 spiro atoms. The van der Waals surface area contributed by atoms with Crippen LogP contribution in [0.1, 0.15) is 109 Å². The molecule has 5 heteroatoms. The third-order valence-electron chi connectivity index (χ3n) is 12.8. The molecule has 1 aromatic carbocycles. The maximum atomic E-state index is 4.93. The summed E-state index contributed by atoms with van der Waals surface area (Å²) in [5.74, 6) is 6.83. The van der Waals surface area contributed by atoms with E-state index in [9.17, 15) is 0 Å². The van der Waals surface area contributed by atoms with Crippen molar-refractivity contribution in [2.75, 3.05) is 0 Å². The number of fused-ring (bicyclic) bond motifs is 4. The van der Waals surface area contributed by atoms with Gasteiger partial charge in [-0.05, 0) is 94.7 Å². The van der Waals surface area contributed by atoms with Gasteiger partial charge in [0.2, 0.25) is 0 Å². The molecule has 0 nitrogen and oxygen atoms in total. The second-order valence-corrected chi connectivity index (χ2v) is 25.9. The molecule has 1 aliphatic heterocycles. The van der Waals surface area contributed by atoms with Crippen molar-refractivity contribution in [3.05, 3.63) is 50.2 Å². The van der Waals surface area contributed by atoms with Gasteiger partial charge in [0.1, 0.15) is 0 Å². The Morgan fingerprint density at radius 2 is 1.39 bits per heavy atom. The van der Waals surface area contributed by atoms with E-state index in [2.05, 4.69) is 83.7 Å². The van der Waals surface area contributed by atoms with Gasteiger partial charge < -0.3 is 14.9 Å². The van der Waals surface area contributed by atoms with E-state index < -0.39 is 28.9 Å². The molecule has 5 aliphatic rings. The average Bonchev–Trinajstić information content (AvgIpc) is 3.56. The number of hydrogen-bond acceptors (Lipinski definition) is 1. The van der Waals surface area contributed by atoms with E-state index in [1.165, 1.54) is 50.5 Å². The number of halogens is 2. The van der Waals surface area contributed by atoms with Crippen molar-refractivity contribution in [2.45, 2.75) is 138 Å². The van der Waals surface area contributed by atoms with Crippen molar-refractivity contribution in [1.29, 1.82) is 0 Å². The molecule has 1 saturated heterocycles. The topological polar surface area (TPSA) is 0 Å². The van der Waals surface area contributed by atoms with Gasteiger partial charge in [-0.15, -0.1) is 0 Å². The first kappa shape index (κ1) is 36.7. The van der Waals surface area contributed by atoms with Gasteiger partial charge in [0.15, 0.2) is 0 Å². The van der Waals surface area contributed by atoms with Gasteiger partial charge in [-0.25, -0.2) is 0 Å². The third kappa shape index (κ3) is 7.00. The minimum absolute atomic E-state index is 0. The summed E-state index contributed by atoms with van der Waals surface area (Å²) in [5.41, 5.74) is 5.54. The zero-order valence-corrected chi connectivity index (χ0v) is 33.5. The number of thioether (sulfide) groups is 1. The number of hydrogen-bond donors (Lipinski definition) is 0. The van der Waals surface area contributed by atoms with Gasteiger partial charge >= 0.3 is 37.9 Å². The van der Waals surface area contributed by atoms with Crippen molar-refractivity contribution in [1.82, 2.24) is 0 Å². The Labute approximate surface area is 279 Å². The molecular formula is C36H60Cl2SSiZr. The Morgan fingerprint density at radius 1 is 0.780 bits per heavy atom. The Hall–Kier alpha value is 1.25. The van der Waals surface area contributed by atoms with E-state index in [0.29, 0.717) is 0 Å². The van der Waals surface area contributed by atoms with Gasteiger partial charge in [-0.1, -0.05) is 104 Å². The standard InChI is InChI=1S/C34H54SSi.2CH3.2ClH.Zr/c1-21-22(2)33(32-31(21)28-11-8-9-14-29(28)35-32)36(6,7)30-20-19-26-25(12-10-13-27(26)30)23-15-17-24(18-16-23)34(3,4)5;;;;;/h15-18,21-22,25-33H,8-14,19-20H2,1-7H3;2*1H3;2*1H;/q;2*-1;;;+4/p-2. The van der Waals surface area contributed by atoms with E-state index in [1.807, 2.05) is 0 Å². The van der Waals surface area contributed by atoms with Crippen LogP contribution < -0.4 is 0 Å². The summed E-state index contributed by atoms with van der Waals surface area (Å²) in [4.78, 5) is 0. The summed E-state index contributed by atoms with van der Waals surface area (Å²) in [7, 11) is 8.48. The molecule has 4 aliphatic carbocycles. The predicted molar refractivity (Wildman–Crippen MR) is 186 cm³/mol. The van der Waals surface area contributed by atoms with E-state index in [1.54, 1.807) is 18.4 Å². The monoisotopic (exact) mass is 712 g/mol. The van der Waals surface area contributed by atoms with Crippen LogP contribution in [0.4, 0.5) is 0 Å². The van der Waals surface area contributed by atoms with Crippen LogP contribution in [0.5, 0.6) is 0 Å². The summed E-state index contributed by atoms with van der Waals surface area (Å²) in [5, 5.41) is 2.02. The summed E-state index contributed by atoms with van der Waals surface area (Å²) >= 11 is 1.71. The van der Waals surface area contributed by atoms with Crippen molar-refractivity contribution < 1.29 is 20.8 Å². The Balaban J connectivity index is 0.000000887. The van der Waals surface area contributed by atoms with E-state index in [-0.39, 0.29) is 20.3 Å². The number of rotatable bonds is 3. The van der Waals surface area contributed by atoms with Crippen LogP contribution in [-0.4, -0.2) is 18.6 Å². The maximum absolute atomic E-state index is 4.93. The van der Waals surface area contributed by atoms with Gasteiger partial charge in [0, 0.05) is 10.5 Å². The van der Waals surface area contributed by atoms with Crippen LogP contribution in [0.2, 0.25) is 24.2 Å². The average molecular weight is 715 g/mol. The van der Waals surface area contributed by atoms with E-state index in [0.717, 1.165) is 63.0 Å². The first-order valence-corrected chi connectivity index (χ1v) is 26.7. The Kier molecular flexibility index (Phi) is 13.2. The van der Waals surface area contributed by atoms with Crippen LogP contribution >= 0.6 is 28.8 Å². The fraction of sp³-hybridized carbons (Fsp3) is 0.778. The molecule has 0 amide bonds. The van der Waals surface area contributed by atoms with Crippen LogP contribution in [0.15, 0.2) is 24.3 Å². The quantitative estimate of drug-likeness (QED) is 0.222. The summed E-state index contributed by atoms with van der Waals surface area (Å²) < 4.78 is 0. The Bertz CT molecular complexity index is 961. The molecule has 5 fully saturated rings. The molecule has 11 atom stereocenters. The fourth-order valence-electron chi connectivity index (χ4n) is 11.0. The van der Waals surface area contributed by atoms with Gasteiger partial charge in [-0.2, -0.15) is 11.8 Å². The zero-order valence-electron chi connectivity index (χ0n) is 27.7. The van der Waals surface area contributed by atoms with Crippen molar-refractivity contribution in [3.63, 3.8) is 0 Å².